The van der Waals surface area contributed by atoms with Crippen LogP contribution in [0.15, 0.2) is 48.0 Å². The number of pyridine rings is 1. The molecule has 1 fully saturated rings. The standard InChI is InChI=1S/C19H17ClN4O2S/c20-14-2-1-3-15(10-14)22-18(25)16-12-27-19(23-16)13-4-5-17(21-11-13)24-6-8-26-9-7-24/h1-5,10-12H,6-9H2,(H,22,25). The zero-order valence-corrected chi connectivity index (χ0v) is 16.0. The molecule has 1 aromatic carbocycles. The van der Waals surface area contributed by atoms with Crippen LogP contribution in [0.25, 0.3) is 10.6 Å². The van der Waals surface area contributed by atoms with E-state index in [1.54, 1.807) is 35.8 Å². The molecule has 1 saturated heterocycles. The third-order valence-corrected chi connectivity index (χ3v) is 5.28. The fourth-order valence-corrected chi connectivity index (χ4v) is 3.75. The molecule has 1 aliphatic rings. The Morgan fingerprint density at radius 3 is 2.81 bits per heavy atom. The maximum atomic E-state index is 12.4. The minimum Gasteiger partial charge on any atom is -0.378 e. The first-order chi connectivity index (χ1) is 13.2. The summed E-state index contributed by atoms with van der Waals surface area (Å²) in [5.41, 5.74) is 1.89. The Hall–Kier alpha value is -2.48. The summed E-state index contributed by atoms with van der Waals surface area (Å²) in [6.07, 6.45) is 1.79. The molecule has 3 heterocycles. The van der Waals surface area contributed by atoms with Crippen molar-refractivity contribution in [2.24, 2.45) is 0 Å². The Bertz CT molecular complexity index is 939. The number of nitrogens with zero attached hydrogens (tertiary/aromatic N) is 3. The number of thiazole rings is 1. The predicted molar refractivity (Wildman–Crippen MR) is 108 cm³/mol. The van der Waals surface area contributed by atoms with Gasteiger partial charge in [-0.2, -0.15) is 0 Å². The maximum absolute atomic E-state index is 12.4. The highest BCUT2D eigenvalue weighted by molar-refractivity contribution is 7.13. The molecule has 2 aromatic heterocycles. The molecule has 138 valence electrons. The quantitative estimate of drug-likeness (QED) is 0.718. The largest absolute Gasteiger partial charge is 0.378 e. The lowest BCUT2D eigenvalue weighted by molar-refractivity contribution is 0.102. The summed E-state index contributed by atoms with van der Waals surface area (Å²) in [6, 6.07) is 11.0. The highest BCUT2D eigenvalue weighted by Gasteiger charge is 2.15. The van der Waals surface area contributed by atoms with Crippen LogP contribution in [-0.2, 0) is 4.74 Å². The number of halogens is 1. The third-order valence-electron chi connectivity index (χ3n) is 4.15. The van der Waals surface area contributed by atoms with Gasteiger partial charge >= 0.3 is 0 Å². The van der Waals surface area contributed by atoms with E-state index in [1.165, 1.54) is 11.3 Å². The van der Waals surface area contributed by atoms with Gasteiger partial charge in [0.1, 0.15) is 16.5 Å². The van der Waals surface area contributed by atoms with Gasteiger partial charge in [0.05, 0.1) is 13.2 Å². The molecule has 1 N–H and O–H groups in total. The van der Waals surface area contributed by atoms with Gasteiger partial charge in [-0.05, 0) is 30.3 Å². The lowest BCUT2D eigenvalue weighted by atomic mass is 10.2. The fraction of sp³-hybridized carbons (Fsp3) is 0.211. The summed E-state index contributed by atoms with van der Waals surface area (Å²) in [5, 5.41) is 5.87. The number of rotatable bonds is 4. The first-order valence-corrected chi connectivity index (χ1v) is 9.76. The molecule has 8 heteroatoms. The van der Waals surface area contributed by atoms with E-state index in [0.29, 0.717) is 16.4 Å². The van der Waals surface area contributed by atoms with Gasteiger partial charge in [0.2, 0.25) is 0 Å². The second kappa shape index (κ2) is 8.04. The van der Waals surface area contributed by atoms with Crippen molar-refractivity contribution in [2.45, 2.75) is 0 Å². The maximum Gasteiger partial charge on any atom is 0.275 e. The topological polar surface area (TPSA) is 67.4 Å². The van der Waals surface area contributed by atoms with Crippen molar-refractivity contribution in [2.75, 3.05) is 36.5 Å². The molecule has 27 heavy (non-hydrogen) atoms. The summed E-state index contributed by atoms with van der Waals surface area (Å²) in [7, 11) is 0. The van der Waals surface area contributed by atoms with Crippen molar-refractivity contribution in [3.63, 3.8) is 0 Å². The summed E-state index contributed by atoms with van der Waals surface area (Å²) in [4.78, 5) is 23.6. The van der Waals surface area contributed by atoms with Gasteiger partial charge in [0, 0.05) is 40.9 Å². The molecule has 0 spiro atoms. The zero-order valence-electron chi connectivity index (χ0n) is 14.4. The highest BCUT2D eigenvalue weighted by Crippen LogP contribution is 2.25. The monoisotopic (exact) mass is 400 g/mol. The number of amides is 1. The summed E-state index contributed by atoms with van der Waals surface area (Å²) >= 11 is 7.36. The van der Waals surface area contributed by atoms with E-state index in [-0.39, 0.29) is 5.91 Å². The van der Waals surface area contributed by atoms with Crippen LogP contribution < -0.4 is 10.2 Å². The van der Waals surface area contributed by atoms with Crippen molar-refractivity contribution in [1.82, 2.24) is 9.97 Å². The number of anilines is 2. The molecule has 0 radical (unpaired) electrons. The lowest BCUT2D eigenvalue weighted by Crippen LogP contribution is -2.36. The van der Waals surface area contributed by atoms with Gasteiger partial charge in [-0.1, -0.05) is 17.7 Å². The fourth-order valence-electron chi connectivity index (χ4n) is 2.76. The first-order valence-electron chi connectivity index (χ1n) is 8.50. The van der Waals surface area contributed by atoms with Crippen molar-refractivity contribution >= 4 is 40.4 Å². The van der Waals surface area contributed by atoms with Gasteiger partial charge < -0.3 is 15.0 Å². The molecule has 3 aromatic rings. The van der Waals surface area contributed by atoms with E-state index in [0.717, 1.165) is 42.7 Å². The van der Waals surface area contributed by atoms with E-state index < -0.39 is 0 Å². The number of hydrogen-bond donors (Lipinski definition) is 1. The van der Waals surface area contributed by atoms with Crippen LogP contribution in [0.4, 0.5) is 11.5 Å². The summed E-state index contributed by atoms with van der Waals surface area (Å²) in [5.74, 6) is 0.662. The Kier molecular flexibility index (Phi) is 5.33. The number of nitrogens with one attached hydrogen (secondary N) is 1. The molecule has 1 amide bonds. The number of carbonyl (C=O) groups excluding carboxylic acids is 1. The van der Waals surface area contributed by atoms with Crippen LogP contribution in [-0.4, -0.2) is 42.2 Å². The van der Waals surface area contributed by atoms with E-state index in [9.17, 15) is 4.79 Å². The average Bonchev–Trinajstić information content (AvgIpc) is 3.19. The molecule has 0 saturated carbocycles. The minimum atomic E-state index is -0.266. The van der Waals surface area contributed by atoms with Crippen LogP contribution in [0.2, 0.25) is 5.02 Å². The van der Waals surface area contributed by atoms with Gasteiger partial charge in [-0.3, -0.25) is 4.79 Å². The predicted octanol–water partition coefficient (Wildman–Crippen LogP) is 3.95. The van der Waals surface area contributed by atoms with E-state index in [1.807, 2.05) is 12.1 Å². The Labute approximate surface area is 165 Å². The second-order valence-electron chi connectivity index (χ2n) is 6.01. The number of carbonyl (C=O) groups is 1. The van der Waals surface area contributed by atoms with Crippen molar-refractivity contribution in [3.05, 3.63) is 58.7 Å². The van der Waals surface area contributed by atoms with Crippen LogP contribution in [0.5, 0.6) is 0 Å². The van der Waals surface area contributed by atoms with Gasteiger partial charge in [-0.25, -0.2) is 9.97 Å². The third kappa shape index (κ3) is 4.27. The number of morpholine rings is 1. The Morgan fingerprint density at radius 1 is 1.22 bits per heavy atom. The van der Waals surface area contributed by atoms with Crippen LogP contribution in [0.1, 0.15) is 10.5 Å². The minimum absolute atomic E-state index is 0.266. The molecule has 6 nitrogen and oxygen atoms in total. The van der Waals surface area contributed by atoms with Crippen LogP contribution in [0, 0.1) is 0 Å². The zero-order chi connectivity index (χ0) is 18.6. The molecule has 0 atom stereocenters. The summed E-state index contributed by atoms with van der Waals surface area (Å²) < 4.78 is 5.37. The smallest absolute Gasteiger partial charge is 0.275 e. The number of aromatic nitrogens is 2. The normalized spacial score (nSPS) is 14.2. The Morgan fingerprint density at radius 2 is 2.07 bits per heavy atom. The van der Waals surface area contributed by atoms with Gasteiger partial charge in [-0.15, -0.1) is 11.3 Å². The van der Waals surface area contributed by atoms with Crippen molar-refractivity contribution in [1.29, 1.82) is 0 Å². The van der Waals surface area contributed by atoms with E-state index >= 15 is 0 Å². The molecule has 4 rings (SSSR count). The molecular formula is C19H17ClN4O2S. The van der Waals surface area contributed by atoms with Crippen molar-refractivity contribution < 1.29 is 9.53 Å². The molecular weight excluding hydrogens is 384 g/mol. The highest BCUT2D eigenvalue weighted by atomic mass is 35.5. The lowest BCUT2D eigenvalue weighted by Gasteiger charge is -2.27. The van der Waals surface area contributed by atoms with Crippen molar-refractivity contribution in [3.8, 4) is 10.6 Å². The Balaban J connectivity index is 1.46. The van der Waals surface area contributed by atoms with E-state index in [2.05, 4.69) is 20.2 Å². The first kappa shape index (κ1) is 17.9. The van der Waals surface area contributed by atoms with Crippen LogP contribution >= 0.6 is 22.9 Å². The number of benzene rings is 1. The van der Waals surface area contributed by atoms with E-state index in [4.69, 9.17) is 16.3 Å². The molecule has 0 unspecified atom stereocenters. The van der Waals surface area contributed by atoms with Gasteiger partial charge in [0.15, 0.2) is 0 Å². The number of hydrogen-bond acceptors (Lipinski definition) is 6. The van der Waals surface area contributed by atoms with Gasteiger partial charge in [0.25, 0.3) is 5.91 Å². The number of ether oxygens (including phenoxy) is 1. The second-order valence-corrected chi connectivity index (χ2v) is 7.30. The van der Waals surface area contributed by atoms with Crippen LogP contribution in [0.3, 0.4) is 0 Å². The molecule has 0 bridgehead atoms. The average molecular weight is 401 g/mol. The summed E-state index contributed by atoms with van der Waals surface area (Å²) in [6.45, 7) is 3.14. The SMILES string of the molecule is O=C(Nc1cccc(Cl)c1)c1csc(-c2ccc(N3CCOCC3)nc2)n1. The molecule has 0 aliphatic carbocycles. The molecule has 1 aliphatic heterocycles.